The molecule has 1 fully saturated rings. The summed E-state index contributed by atoms with van der Waals surface area (Å²) in [6.07, 6.45) is 2.23. The molecule has 1 unspecified atom stereocenters. The zero-order valence-electron chi connectivity index (χ0n) is 13.0. The van der Waals surface area contributed by atoms with Gasteiger partial charge in [0.1, 0.15) is 0 Å². The van der Waals surface area contributed by atoms with Crippen molar-refractivity contribution in [3.63, 3.8) is 0 Å². The minimum Gasteiger partial charge on any atom is -0.450 e. The van der Waals surface area contributed by atoms with E-state index >= 15 is 0 Å². The van der Waals surface area contributed by atoms with Crippen molar-refractivity contribution in [2.75, 3.05) is 26.7 Å². The van der Waals surface area contributed by atoms with E-state index < -0.39 is 0 Å². The molecule has 0 spiro atoms. The maximum atomic E-state index is 12.0. The van der Waals surface area contributed by atoms with E-state index in [9.17, 15) is 9.59 Å². The van der Waals surface area contributed by atoms with Crippen molar-refractivity contribution < 1.29 is 14.3 Å². The number of amides is 3. The number of hydrogen-bond donors (Lipinski definition) is 1. The van der Waals surface area contributed by atoms with E-state index in [1.165, 1.54) is 0 Å². The van der Waals surface area contributed by atoms with Crippen LogP contribution in [0.5, 0.6) is 0 Å². The maximum Gasteiger partial charge on any atom is 0.409 e. The smallest absolute Gasteiger partial charge is 0.409 e. The van der Waals surface area contributed by atoms with Crippen LogP contribution in [0.4, 0.5) is 9.59 Å². The minimum atomic E-state index is -0.256. The number of ether oxygens (including phenoxy) is 1. The molecule has 3 amide bonds. The molecule has 0 aliphatic carbocycles. The second kappa shape index (κ2) is 7.97. The lowest BCUT2D eigenvalue weighted by molar-refractivity contribution is 0.0950. The van der Waals surface area contributed by atoms with E-state index in [1.54, 1.807) is 16.7 Å². The fourth-order valence-electron chi connectivity index (χ4n) is 2.17. The Bertz CT molecular complexity index is 328. The zero-order chi connectivity index (χ0) is 15.1. The highest BCUT2D eigenvalue weighted by Gasteiger charge is 2.25. The van der Waals surface area contributed by atoms with E-state index in [4.69, 9.17) is 4.74 Å². The number of nitrogens with zero attached hydrogens (tertiary/aromatic N) is 2. The van der Waals surface area contributed by atoms with E-state index in [1.807, 2.05) is 14.0 Å². The van der Waals surface area contributed by atoms with Gasteiger partial charge in [-0.15, -0.1) is 0 Å². The highest BCUT2D eigenvalue weighted by molar-refractivity contribution is 5.74. The third-order valence-electron chi connectivity index (χ3n) is 3.92. The van der Waals surface area contributed by atoms with Crippen LogP contribution in [-0.4, -0.2) is 60.8 Å². The Labute approximate surface area is 121 Å². The van der Waals surface area contributed by atoms with Gasteiger partial charge in [-0.2, -0.15) is 0 Å². The lowest BCUT2D eigenvalue weighted by atomic mass is 10.1. The molecule has 0 bridgehead atoms. The molecule has 6 heteroatoms. The number of carbonyl (C=O) groups excluding carboxylic acids is 2. The first-order valence-electron chi connectivity index (χ1n) is 7.44. The summed E-state index contributed by atoms with van der Waals surface area (Å²) >= 11 is 0. The normalized spacial score (nSPS) is 17.5. The van der Waals surface area contributed by atoms with Crippen LogP contribution in [0, 0.1) is 0 Å². The van der Waals surface area contributed by atoms with Crippen LogP contribution < -0.4 is 5.32 Å². The quantitative estimate of drug-likeness (QED) is 0.860. The number of carbonyl (C=O) groups is 2. The van der Waals surface area contributed by atoms with Gasteiger partial charge in [0.25, 0.3) is 0 Å². The topological polar surface area (TPSA) is 61.9 Å². The second-order valence-corrected chi connectivity index (χ2v) is 5.28. The van der Waals surface area contributed by atoms with E-state index in [0.717, 1.165) is 19.3 Å². The first-order valence-corrected chi connectivity index (χ1v) is 7.44. The average molecular weight is 285 g/mol. The Hall–Kier alpha value is -1.46. The van der Waals surface area contributed by atoms with E-state index in [-0.39, 0.29) is 24.2 Å². The van der Waals surface area contributed by atoms with Gasteiger partial charge in [0.05, 0.1) is 6.61 Å². The van der Waals surface area contributed by atoms with Crippen molar-refractivity contribution in [2.45, 2.75) is 52.1 Å². The molecule has 0 saturated carbocycles. The Morgan fingerprint density at radius 2 is 1.95 bits per heavy atom. The number of piperidine rings is 1. The fourth-order valence-corrected chi connectivity index (χ4v) is 2.17. The highest BCUT2D eigenvalue weighted by atomic mass is 16.6. The summed E-state index contributed by atoms with van der Waals surface area (Å²) in [6, 6.07) is 0.336. The van der Waals surface area contributed by atoms with Crippen molar-refractivity contribution >= 4 is 12.1 Å². The Morgan fingerprint density at radius 3 is 2.45 bits per heavy atom. The van der Waals surface area contributed by atoms with Crippen LogP contribution in [0.2, 0.25) is 0 Å². The number of rotatable bonds is 4. The lowest BCUT2D eigenvalue weighted by Crippen LogP contribution is -2.51. The van der Waals surface area contributed by atoms with Gasteiger partial charge in [0.15, 0.2) is 0 Å². The zero-order valence-corrected chi connectivity index (χ0v) is 13.0. The van der Waals surface area contributed by atoms with Gasteiger partial charge >= 0.3 is 12.1 Å². The number of nitrogens with one attached hydrogen (secondary N) is 1. The third kappa shape index (κ3) is 4.58. The maximum absolute atomic E-state index is 12.0. The highest BCUT2D eigenvalue weighted by Crippen LogP contribution is 2.12. The fraction of sp³-hybridized carbons (Fsp3) is 0.857. The molecule has 6 nitrogen and oxygen atoms in total. The second-order valence-electron chi connectivity index (χ2n) is 5.28. The Kier molecular flexibility index (Phi) is 6.61. The van der Waals surface area contributed by atoms with Crippen molar-refractivity contribution in [3.05, 3.63) is 0 Å². The average Bonchev–Trinajstić information content (AvgIpc) is 2.46. The monoisotopic (exact) mass is 285 g/mol. The predicted octanol–water partition coefficient (Wildman–Crippen LogP) is 2.05. The SMILES string of the molecule is CCOC(=O)N1CCC(NC(=O)N(C)C(C)CC)CC1. The summed E-state index contributed by atoms with van der Waals surface area (Å²) in [6.45, 7) is 7.56. The number of likely N-dealkylation sites (tertiary alicyclic amines) is 1. The van der Waals surface area contributed by atoms with Gasteiger partial charge in [-0.25, -0.2) is 9.59 Å². The van der Waals surface area contributed by atoms with E-state index in [0.29, 0.717) is 19.7 Å². The molecule has 20 heavy (non-hydrogen) atoms. The molecule has 116 valence electrons. The van der Waals surface area contributed by atoms with E-state index in [2.05, 4.69) is 12.2 Å². The van der Waals surface area contributed by atoms with Crippen LogP contribution >= 0.6 is 0 Å². The summed E-state index contributed by atoms with van der Waals surface area (Å²) in [5, 5.41) is 3.03. The van der Waals surface area contributed by atoms with Gasteiger partial charge in [-0.05, 0) is 33.1 Å². The van der Waals surface area contributed by atoms with Crippen LogP contribution in [0.15, 0.2) is 0 Å². The van der Waals surface area contributed by atoms with Crippen LogP contribution in [0.1, 0.15) is 40.0 Å². The van der Waals surface area contributed by atoms with Crippen molar-refractivity contribution in [2.24, 2.45) is 0 Å². The van der Waals surface area contributed by atoms with Crippen molar-refractivity contribution in [3.8, 4) is 0 Å². The third-order valence-corrected chi connectivity index (χ3v) is 3.92. The van der Waals surface area contributed by atoms with Gasteiger partial charge in [-0.1, -0.05) is 6.92 Å². The molecule has 1 aliphatic rings. The standard InChI is InChI=1S/C14H27N3O3/c1-5-11(3)16(4)13(18)15-12-7-9-17(10-8-12)14(19)20-6-2/h11-12H,5-10H2,1-4H3,(H,15,18). The van der Waals surface area contributed by atoms with Gasteiger partial charge in [0.2, 0.25) is 0 Å². The summed E-state index contributed by atoms with van der Waals surface area (Å²) in [7, 11) is 1.82. The molecular formula is C14H27N3O3. The van der Waals surface area contributed by atoms with Crippen LogP contribution in [0.3, 0.4) is 0 Å². The summed E-state index contributed by atoms with van der Waals surface area (Å²) in [5.74, 6) is 0. The molecule has 0 aromatic heterocycles. The molecule has 0 radical (unpaired) electrons. The molecule has 1 heterocycles. The van der Waals surface area contributed by atoms with Crippen molar-refractivity contribution in [1.82, 2.24) is 15.1 Å². The van der Waals surface area contributed by atoms with Gasteiger partial charge in [0, 0.05) is 32.2 Å². The molecule has 1 rings (SSSR count). The Morgan fingerprint density at radius 1 is 1.35 bits per heavy atom. The largest absolute Gasteiger partial charge is 0.450 e. The van der Waals surface area contributed by atoms with Gasteiger partial charge < -0.3 is 19.9 Å². The molecule has 1 N–H and O–H groups in total. The number of urea groups is 1. The Balaban J connectivity index is 2.35. The molecule has 0 aromatic rings. The molecule has 1 aliphatic heterocycles. The first kappa shape index (κ1) is 16.6. The minimum absolute atomic E-state index is 0.0334. The van der Waals surface area contributed by atoms with Crippen LogP contribution in [-0.2, 0) is 4.74 Å². The van der Waals surface area contributed by atoms with Gasteiger partial charge in [-0.3, -0.25) is 0 Å². The molecular weight excluding hydrogens is 258 g/mol. The summed E-state index contributed by atoms with van der Waals surface area (Å²) in [4.78, 5) is 27.0. The lowest BCUT2D eigenvalue weighted by Gasteiger charge is -2.33. The number of hydrogen-bond acceptors (Lipinski definition) is 3. The van der Waals surface area contributed by atoms with Crippen molar-refractivity contribution in [1.29, 1.82) is 0 Å². The van der Waals surface area contributed by atoms with Crippen LogP contribution in [0.25, 0.3) is 0 Å². The summed E-state index contributed by atoms with van der Waals surface area (Å²) in [5.41, 5.74) is 0. The first-order chi connectivity index (χ1) is 9.49. The summed E-state index contributed by atoms with van der Waals surface area (Å²) < 4.78 is 4.97. The predicted molar refractivity (Wildman–Crippen MR) is 77.7 cm³/mol. The molecule has 1 atom stereocenters. The molecule has 0 aromatic carbocycles. The molecule has 1 saturated heterocycles.